The summed E-state index contributed by atoms with van der Waals surface area (Å²) in [6, 6.07) is 0. The molecule has 1 radical (unpaired) electrons. The number of nitrogens with zero attached hydrogens (tertiary/aromatic N) is 1. The summed E-state index contributed by atoms with van der Waals surface area (Å²) in [5, 5.41) is 17.3. The minimum Gasteiger partial charge on any atom is -0.410 e. The predicted molar refractivity (Wildman–Crippen MR) is 19.2 cm³/mol. The Morgan fingerprint density at radius 2 is 2.43 bits per heavy atom. The fourth-order valence-electron chi connectivity index (χ4n) is 0.0704. The molecule has 0 aromatic heterocycles. The molecular formula is C2H3N2O3. The third-order valence-electron chi connectivity index (χ3n) is 0.253. The Balaban J connectivity index is 3.37. The van der Waals surface area contributed by atoms with E-state index in [9.17, 15) is 4.79 Å². The van der Waals surface area contributed by atoms with Crippen molar-refractivity contribution in [3.8, 4) is 0 Å². The van der Waals surface area contributed by atoms with E-state index in [1.807, 2.05) is 0 Å². The molecule has 0 spiro atoms. The van der Waals surface area contributed by atoms with E-state index in [4.69, 9.17) is 10.4 Å². The Hall–Kier alpha value is -1.10. The molecule has 0 saturated carbocycles. The molecule has 39 valence electrons. The monoisotopic (exact) mass is 103 g/mol. The van der Waals surface area contributed by atoms with Gasteiger partial charge >= 0.3 is 0 Å². The Kier molecular flexibility index (Phi) is 2.62. The van der Waals surface area contributed by atoms with Crippen LogP contribution >= 0.6 is 0 Å². The molecule has 0 aliphatic heterocycles. The van der Waals surface area contributed by atoms with Gasteiger partial charge in [-0.3, -0.25) is 10.0 Å². The summed E-state index contributed by atoms with van der Waals surface area (Å²) in [7, 11) is 0. The molecule has 0 bridgehead atoms. The average molecular weight is 103 g/mol. The zero-order valence-electron chi connectivity index (χ0n) is 3.25. The molecule has 0 heterocycles. The van der Waals surface area contributed by atoms with E-state index >= 15 is 0 Å². The first-order valence-corrected chi connectivity index (χ1v) is 1.35. The summed E-state index contributed by atoms with van der Waals surface area (Å²) in [5.41, 5.74) is 1.16. The molecule has 0 aliphatic rings. The minimum atomic E-state index is -0.984. The van der Waals surface area contributed by atoms with Crippen molar-refractivity contribution in [1.29, 1.82) is 0 Å². The van der Waals surface area contributed by atoms with Crippen molar-refractivity contribution in [2.24, 2.45) is 5.16 Å². The fourth-order valence-corrected chi connectivity index (χ4v) is 0.0704. The van der Waals surface area contributed by atoms with Crippen molar-refractivity contribution in [3.63, 3.8) is 0 Å². The van der Waals surface area contributed by atoms with Crippen LogP contribution in [-0.2, 0) is 4.79 Å². The van der Waals surface area contributed by atoms with E-state index in [0.29, 0.717) is 0 Å². The topological polar surface area (TPSA) is 81.9 Å². The predicted octanol–water partition coefficient (Wildman–Crippen LogP) is -1.17. The highest BCUT2D eigenvalue weighted by molar-refractivity contribution is 6.25. The van der Waals surface area contributed by atoms with Crippen molar-refractivity contribution < 1.29 is 15.2 Å². The maximum absolute atomic E-state index is 9.69. The highest BCUT2D eigenvalue weighted by atomic mass is 16.5. The summed E-state index contributed by atoms with van der Waals surface area (Å²) in [4.78, 5) is 9.69. The molecule has 3 N–H and O–H groups in total. The van der Waals surface area contributed by atoms with Gasteiger partial charge in [0.15, 0.2) is 0 Å². The van der Waals surface area contributed by atoms with Crippen molar-refractivity contribution >= 4 is 12.1 Å². The van der Waals surface area contributed by atoms with Crippen LogP contribution in [-0.4, -0.2) is 22.5 Å². The average Bonchev–Trinajstić information content (AvgIpc) is 1.68. The van der Waals surface area contributed by atoms with Gasteiger partial charge in [-0.15, -0.1) is 0 Å². The number of hydroxylamine groups is 1. The van der Waals surface area contributed by atoms with Crippen LogP contribution in [0.15, 0.2) is 5.16 Å². The highest BCUT2D eigenvalue weighted by Gasteiger charge is 1.88. The molecule has 0 fully saturated rings. The van der Waals surface area contributed by atoms with Gasteiger partial charge in [-0.25, -0.2) is 5.48 Å². The summed E-state index contributed by atoms with van der Waals surface area (Å²) in [5.74, 6) is -0.984. The minimum absolute atomic E-state index is 0.984. The Morgan fingerprint density at radius 1 is 1.86 bits per heavy atom. The van der Waals surface area contributed by atoms with Crippen molar-refractivity contribution in [3.05, 3.63) is 0 Å². The summed E-state index contributed by atoms with van der Waals surface area (Å²) in [6.45, 7) is 0. The molecule has 0 rings (SSSR count). The van der Waals surface area contributed by atoms with Crippen molar-refractivity contribution in [2.45, 2.75) is 0 Å². The van der Waals surface area contributed by atoms with Crippen molar-refractivity contribution in [1.82, 2.24) is 5.48 Å². The molecule has 0 saturated heterocycles. The molecule has 0 atom stereocenters. The summed E-state index contributed by atoms with van der Waals surface area (Å²) in [6.07, 6.45) is 1.48. The van der Waals surface area contributed by atoms with Gasteiger partial charge in [0, 0.05) is 0 Å². The zero-order valence-corrected chi connectivity index (χ0v) is 3.25. The lowest BCUT2D eigenvalue weighted by atomic mass is 10.7. The SMILES string of the molecule is O=C([C]=NO)NO. The molecule has 5 heteroatoms. The van der Waals surface area contributed by atoms with E-state index < -0.39 is 5.91 Å². The van der Waals surface area contributed by atoms with E-state index in [2.05, 4.69) is 5.16 Å². The first-order valence-electron chi connectivity index (χ1n) is 1.35. The maximum Gasteiger partial charge on any atom is 0.299 e. The molecule has 0 aliphatic carbocycles. The van der Waals surface area contributed by atoms with Crippen LogP contribution in [0, 0.1) is 0 Å². The van der Waals surface area contributed by atoms with Crippen molar-refractivity contribution in [2.75, 3.05) is 0 Å². The first-order chi connectivity index (χ1) is 3.31. The molecule has 5 nitrogen and oxygen atoms in total. The lowest BCUT2D eigenvalue weighted by molar-refractivity contribution is -0.122. The lowest BCUT2D eigenvalue weighted by Crippen LogP contribution is -2.19. The quantitative estimate of drug-likeness (QED) is 0.169. The van der Waals surface area contributed by atoms with E-state index in [-0.39, 0.29) is 0 Å². The maximum atomic E-state index is 9.69. The molecule has 0 unspecified atom stereocenters. The van der Waals surface area contributed by atoms with Crippen LogP contribution in [0.3, 0.4) is 0 Å². The highest BCUT2D eigenvalue weighted by Crippen LogP contribution is 1.51. The third kappa shape index (κ3) is 2.71. The molecule has 0 aromatic carbocycles. The normalized spacial score (nSPS) is 9.29. The molecule has 0 aromatic rings. The molecule has 7 heavy (non-hydrogen) atoms. The Bertz CT molecular complexity index is 88.9. The number of hydrogen-bond acceptors (Lipinski definition) is 4. The molecule has 1 amide bonds. The van der Waals surface area contributed by atoms with Gasteiger partial charge in [-0.05, 0) is 0 Å². The summed E-state index contributed by atoms with van der Waals surface area (Å²) < 4.78 is 0. The fraction of sp³-hybridized carbons (Fsp3) is 0. The zero-order chi connectivity index (χ0) is 5.70. The second kappa shape index (κ2) is 3.10. The number of nitrogens with one attached hydrogen (secondary N) is 1. The lowest BCUT2D eigenvalue weighted by Gasteiger charge is -1.80. The summed E-state index contributed by atoms with van der Waals surface area (Å²) >= 11 is 0. The number of rotatable bonds is 1. The largest absolute Gasteiger partial charge is 0.410 e. The second-order valence-electron chi connectivity index (χ2n) is 0.653. The van der Waals surface area contributed by atoms with Crippen LogP contribution < -0.4 is 5.48 Å². The van der Waals surface area contributed by atoms with E-state index in [1.165, 1.54) is 6.21 Å². The van der Waals surface area contributed by atoms with Crippen LogP contribution in [0.25, 0.3) is 0 Å². The number of hydrogen-bond donors (Lipinski definition) is 3. The van der Waals surface area contributed by atoms with Crippen LogP contribution in [0.2, 0.25) is 0 Å². The van der Waals surface area contributed by atoms with Gasteiger partial charge in [0.1, 0.15) is 0 Å². The van der Waals surface area contributed by atoms with Crippen LogP contribution in [0.1, 0.15) is 0 Å². The van der Waals surface area contributed by atoms with Gasteiger partial charge in [0.25, 0.3) is 5.91 Å². The Morgan fingerprint density at radius 3 is 2.57 bits per heavy atom. The number of carbonyl (C=O) groups excluding carboxylic acids is 1. The first kappa shape index (κ1) is 5.90. The standard InChI is InChI=1S/C2H3N2O3/c5-2(4-7)1-3-6/h6-7H,(H,4,5). The van der Waals surface area contributed by atoms with Crippen LogP contribution in [0.4, 0.5) is 0 Å². The van der Waals surface area contributed by atoms with Gasteiger partial charge < -0.3 is 5.21 Å². The van der Waals surface area contributed by atoms with Gasteiger partial charge in [-0.1, -0.05) is 5.16 Å². The van der Waals surface area contributed by atoms with Crippen LogP contribution in [0.5, 0.6) is 0 Å². The smallest absolute Gasteiger partial charge is 0.299 e. The van der Waals surface area contributed by atoms with E-state index in [1.54, 1.807) is 0 Å². The third-order valence-corrected chi connectivity index (χ3v) is 0.253. The number of carbonyl (C=O) groups is 1. The second-order valence-corrected chi connectivity index (χ2v) is 0.653. The number of amides is 1. The Labute approximate surface area is 39.2 Å². The van der Waals surface area contributed by atoms with Gasteiger partial charge in [-0.2, -0.15) is 0 Å². The van der Waals surface area contributed by atoms with Gasteiger partial charge in [0.2, 0.25) is 6.21 Å². The van der Waals surface area contributed by atoms with Gasteiger partial charge in [0.05, 0.1) is 0 Å². The molecular weight excluding hydrogens is 100 g/mol. The van der Waals surface area contributed by atoms with E-state index in [0.717, 1.165) is 5.48 Å².